The van der Waals surface area contributed by atoms with Crippen LogP contribution in [0.15, 0.2) is 43.0 Å². The first-order valence-corrected chi connectivity index (χ1v) is 14.6. The molecule has 0 bridgehead atoms. The molecular weight excluding hydrogens is 534 g/mol. The van der Waals surface area contributed by atoms with Crippen molar-refractivity contribution in [1.82, 2.24) is 30.5 Å². The highest BCUT2D eigenvalue weighted by Crippen LogP contribution is 2.21. The number of para-hydroxylation sites is 1. The number of rotatable bonds is 13. The molecule has 2 aromatic heterocycles. The summed E-state index contributed by atoms with van der Waals surface area (Å²) in [6.45, 7) is 0.319. The van der Waals surface area contributed by atoms with Crippen LogP contribution in [0.25, 0.3) is 10.9 Å². The standard InChI is InChI=1S/C27H35N7O5S/c1-40-10-8-21(26(37)34-9-4-7-23(34)27(38)39)32-25(36)22(11-16-13-30-20-6-3-2-5-18(16)20)33-24(35)19(28)12-17-14-29-15-31-17/h2-3,5-6,13-15,19,21-23,30H,4,7-12,28H2,1H3,(H,29,31)(H,32,36)(H,33,35)(H,38,39). The number of amides is 3. The van der Waals surface area contributed by atoms with Crippen LogP contribution >= 0.6 is 11.8 Å². The average molecular weight is 570 g/mol. The molecule has 0 aliphatic carbocycles. The summed E-state index contributed by atoms with van der Waals surface area (Å²) < 4.78 is 0. The summed E-state index contributed by atoms with van der Waals surface area (Å²) in [5.41, 5.74) is 8.53. The Morgan fingerprint density at radius 3 is 2.65 bits per heavy atom. The van der Waals surface area contributed by atoms with Crippen molar-refractivity contribution < 1.29 is 24.3 Å². The van der Waals surface area contributed by atoms with E-state index in [4.69, 9.17) is 5.73 Å². The van der Waals surface area contributed by atoms with Crippen LogP contribution in [0.3, 0.4) is 0 Å². The first-order valence-electron chi connectivity index (χ1n) is 13.2. The zero-order valence-corrected chi connectivity index (χ0v) is 23.1. The normalized spacial score (nSPS) is 17.4. The molecule has 4 rings (SSSR count). The number of fused-ring (bicyclic) bond motifs is 1. The van der Waals surface area contributed by atoms with Crippen LogP contribution in [0.5, 0.6) is 0 Å². The van der Waals surface area contributed by atoms with Gasteiger partial charge in [0.25, 0.3) is 0 Å². The monoisotopic (exact) mass is 569 g/mol. The second-order valence-corrected chi connectivity index (χ2v) is 10.9. The van der Waals surface area contributed by atoms with Crippen LogP contribution in [0.2, 0.25) is 0 Å². The largest absolute Gasteiger partial charge is 0.480 e. The molecule has 1 fully saturated rings. The number of hydrogen-bond donors (Lipinski definition) is 6. The van der Waals surface area contributed by atoms with E-state index in [1.807, 2.05) is 30.5 Å². The predicted octanol–water partition coefficient (Wildman–Crippen LogP) is 0.802. The van der Waals surface area contributed by atoms with Crippen molar-refractivity contribution in [2.45, 2.75) is 56.3 Å². The van der Waals surface area contributed by atoms with E-state index >= 15 is 0 Å². The molecule has 1 aliphatic rings. The van der Waals surface area contributed by atoms with E-state index in [1.165, 1.54) is 23.0 Å². The molecule has 214 valence electrons. The van der Waals surface area contributed by atoms with Gasteiger partial charge >= 0.3 is 5.97 Å². The van der Waals surface area contributed by atoms with Gasteiger partial charge in [0.1, 0.15) is 18.1 Å². The van der Waals surface area contributed by atoms with Crippen molar-refractivity contribution in [2.75, 3.05) is 18.6 Å². The minimum Gasteiger partial charge on any atom is -0.480 e. The molecule has 1 saturated heterocycles. The number of aromatic nitrogens is 3. The Labute approximate surface area is 235 Å². The van der Waals surface area contributed by atoms with Crippen molar-refractivity contribution in [3.8, 4) is 0 Å². The van der Waals surface area contributed by atoms with E-state index in [0.717, 1.165) is 16.5 Å². The maximum Gasteiger partial charge on any atom is 0.326 e. The zero-order valence-electron chi connectivity index (χ0n) is 22.3. The highest BCUT2D eigenvalue weighted by atomic mass is 32.2. The van der Waals surface area contributed by atoms with Gasteiger partial charge in [0, 0.05) is 48.4 Å². The number of nitrogens with one attached hydrogen (secondary N) is 4. The minimum absolute atomic E-state index is 0.156. The first kappa shape index (κ1) is 29.2. The molecule has 0 radical (unpaired) electrons. The molecule has 0 spiro atoms. The van der Waals surface area contributed by atoms with Crippen LogP contribution in [-0.4, -0.2) is 91.4 Å². The average Bonchev–Trinajstić information content (AvgIpc) is 3.71. The number of nitrogens with zero attached hydrogens (tertiary/aromatic N) is 2. The number of H-pyrrole nitrogens is 2. The zero-order chi connectivity index (χ0) is 28.6. The van der Waals surface area contributed by atoms with Crippen LogP contribution in [0.4, 0.5) is 0 Å². The number of thioether (sulfide) groups is 1. The number of nitrogens with two attached hydrogens (primary N) is 1. The summed E-state index contributed by atoms with van der Waals surface area (Å²) >= 11 is 1.52. The molecule has 4 unspecified atom stereocenters. The Hall–Kier alpha value is -3.84. The van der Waals surface area contributed by atoms with Crippen molar-refractivity contribution in [3.05, 3.63) is 54.2 Å². The Balaban J connectivity index is 1.55. The molecule has 13 heteroatoms. The third kappa shape index (κ3) is 7.02. The van der Waals surface area contributed by atoms with Gasteiger partial charge in [-0.05, 0) is 42.9 Å². The predicted molar refractivity (Wildman–Crippen MR) is 152 cm³/mol. The summed E-state index contributed by atoms with van der Waals surface area (Å²) in [6.07, 6.45) is 8.39. The van der Waals surface area contributed by atoms with Crippen LogP contribution in [0.1, 0.15) is 30.5 Å². The summed E-state index contributed by atoms with van der Waals surface area (Å²) in [4.78, 5) is 63.3. The highest BCUT2D eigenvalue weighted by molar-refractivity contribution is 7.98. The number of imidazole rings is 1. The molecule has 1 aliphatic heterocycles. The van der Waals surface area contributed by atoms with Crippen LogP contribution in [0, 0.1) is 0 Å². The van der Waals surface area contributed by atoms with E-state index in [0.29, 0.717) is 37.3 Å². The quantitative estimate of drug-likeness (QED) is 0.174. The number of hydrogen-bond acceptors (Lipinski definition) is 7. The van der Waals surface area contributed by atoms with E-state index < -0.39 is 47.9 Å². The number of aromatic amines is 2. The lowest BCUT2D eigenvalue weighted by molar-refractivity contribution is -0.149. The van der Waals surface area contributed by atoms with Crippen molar-refractivity contribution in [3.63, 3.8) is 0 Å². The molecule has 4 atom stereocenters. The van der Waals surface area contributed by atoms with E-state index in [-0.39, 0.29) is 12.8 Å². The van der Waals surface area contributed by atoms with Crippen molar-refractivity contribution in [2.24, 2.45) is 5.73 Å². The molecule has 1 aromatic carbocycles. The Morgan fingerprint density at radius 1 is 1.15 bits per heavy atom. The Kier molecular flexibility index (Phi) is 9.83. The molecule has 3 aromatic rings. The maximum absolute atomic E-state index is 13.7. The van der Waals surface area contributed by atoms with Gasteiger partial charge < -0.3 is 36.3 Å². The van der Waals surface area contributed by atoms with Gasteiger partial charge in [-0.3, -0.25) is 14.4 Å². The van der Waals surface area contributed by atoms with E-state index in [1.54, 1.807) is 12.4 Å². The summed E-state index contributed by atoms with van der Waals surface area (Å²) in [5.74, 6) is -1.97. The number of carbonyl (C=O) groups excluding carboxylic acids is 3. The fraction of sp³-hybridized carbons (Fsp3) is 0.444. The number of aliphatic carboxylic acids is 1. The second-order valence-electron chi connectivity index (χ2n) is 9.88. The third-order valence-corrected chi connectivity index (χ3v) is 7.75. The Morgan fingerprint density at radius 2 is 1.93 bits per heavy atom. The summed E-state index contributed by atoms with van der Waals surface area (Å²) in [6, 6.07) is 3.81. The van der Waals surface area contributed by atoms with Gasteiger partial charge in [-0.25, -0.2) is 9.78 Å². The first-order chi connectivity index (χ1) is 19.3. The van der Waals surface area contributed by atoms with E-state index in [2.05, 4.69) is 25.6 Å². The smallest absolute Gasteiger partial charge is 0.326 e. The highest BCUT2D eigenvalue weighted by Gasteiger charge is 2.38. The number of benzene rings is 1. The van der Waals surface area contributed by atoms with Gasteiger partial charge in [0.15, 0.2) is 0 Å². The fourth-order valence-electron chi connectivity index (χ4n) is 4.99. The van der Waals surface area contributed by atoms with Crippen LogP contribution in [-0.2, 0) is 32.0 Å². The fourth-order valence-corrected chi connectivity index (χ4v) is 5.46. The van der Waals surface area contributed by atoms with Crippen molar-refractivity contribution in [1.29, 1.82) is 0 Å². The SMILES string of the molecule is CSCCC(NC(=O)C(Cc1c[nH]c2ccccc12)NC(=O)C(N)Cc1cnc[nH]1)C(=O)N1CCCC1C(=O)O. The molecule has 3 amide bonds. The van der Waals surface area contributed by atoms with Gasteiger partial charge in [-0.1, -0.05) is 18.2 Å². The van der Waals surface area contributed by atoms with Crippen LogP contribution < -0.4 is 16.4 Å². The molecular formula is C27H35N7O5S. The van der Waals surface area contributed by atoms with E-state index in [9.17, 15) is 24.3 Å². The topological polar surface area (TPSA) is 186 Å². The van der Waals surface area contributed by atoms with Gasteiger partial charge in [-0.15, -0.1) is 0 Å². The lowest BCUT2D eigenvalue weighted by Crippen LogP contribution is -2.58. The van der Waals surface area contributed by atoms with Crippen molar-refractivity contribution >= 4 is 46.4 Å². The van der Waals surface area contributed by atoms with Gasteiger partial charge in [0.2, 0.25) is 17.7 Å². The number of carboxylic acids is 1. The van der Waals surface area contributed by atoms with Gasteiger partial charge in [0.05, 0.1) is 12.4 Å². The third-order valence-electron chi connectivity index (χ3n) is 7.11. The Bertz CT molecular complexity index is 1330. The number of carboxylic acid groups (broad SMARTS) is 1. The lowest BCUT2D eigenvalue weighted by Gasteiger charge is -2.29. The molecule has 0 saturated carbocycles. The maximum atomic E-state index is 13.7. The molecule has 40 heavy (non-hydrogen) atoms. The number of likely N-dealkylation sites (tertiary alicyclic amines) is 1. The second kappa shape index (κ2) is 13.5. The molecule has 3 heterocycles. The molecule has 7 N–H and O–H groups in total. The summed E-state index contributed by atoms with van der Waals surface area (Å²) in [5, 5.41) is 16.1. The minimum atomic E-state index is -1.06. The molecule has 12 nitrogen and oxygen atoms in total. The summed E-state index contributed by atoms with van der Waals surface area (Å²) in [7, 11) is 0. The lowest BCUT2D eigenvalue weighted by atomic mass is 10.0. The number of carbonyl (C=O) groups is 4. The van der Waals surface area contributed by atoms with Gasteiger partial charge in [-0.2, -0.15) is 11.8 Å².